The molecule has 0 spiro atoms. The Morgan fingerprint density at radius 2 is 2.21 bits per heavy atom. The van der Waals surface area contributed by atoms with E-state index in [1.165, 1.54) is 43.4 Å². The third kappa shape index (κ3) is 3.64. The van der Waals surface area contributed by atoms with E-state index in [0.717, 1.165) is 18.0 Å². The lowest BCUT2D eigenvalue weighted by Gasteiger charge is -2.39. The Morgan fingerprint density at radius 1 is 1.37 bits per heavy atom. The molecule has 0 aliphatic carbocycles. The highest BCUT2D eigenvalue weighted by Gasteiger charge is 2.23. The summed E-state index contributed by atoms with van der Waals surface area (Å²) in [6.07, 6.45) is 7.40. The van der Waals surface area contributed by atoms with E-state index in [4.69, 9.17) is 17.3 Å². The Morgan fingerprint density at radius 3 is 2.95 bits per heavy atom. The molecule has 0 radical (unpaired) electrons. The minimum absolute atomic E-state index is 0.675. The predicted molar refractivity (Wildman–Crippen MR) is 84.1 cm³/mol. The number of hydrogen-bond donors (Lipinski definition) is 1. The van der Waals surface area contributed by atoms with Gasteiger partial charge in [0, 0.05) is 23.3 Å². The molecule has 2 rings (SSSR count). The molecule has 1 fully saturated rings. The van der Waals surface area contributed by atoms with Crippen molar-refractivity contribution >= 4 is 17.3 Å². The van der Waals surface area contributed by atoms with Crippen molar-refractivity contribution < 1.29 is 0 Å². The first-order valence-electron chi connectivity index (χ1n) is 7.51. The summed E-state index contributed by atoms with van der Waals surface area (Å²) in [5, 5.41) is 0.830. The summed E-state index contributed by atoms with van der Waals surface area (Å²) >= 11 is 6.20. The summed E-state index contributed by atoms with van der Waals surface area (Å²) in [7, 11) is 0. The van der Waals surface area contributed by atoms with Crippen molar-refractivity contribution in [3.05, 3.63) is 28.8 Å². The molecule has 2 N–H and O–H groups in total. The van der Waals surface area contributed by atoms with E-state index in [1.54, 1.807) is 0 Å². The van der Waals surface area contributed by atoms with Gasteiger partial charge >= 0.3 is 0 Å². The van der Waals surface area contributed by atoms with Gasteiger partial charge in [-0.05, 0) is 56.3 Å². The van der Waals surface area contributed by atoms with Gasteiger partial charge in [0.1, 0.15) is 0 Å². The van der Waals surface area contributed by atoms with E-state index in [9.17, 15) is 0 Å². The van der Waals surface area contributed by atoms with Crippen LogP contribution in [0, 0.1) is 0 Å². The molecule has 3 heteroatoms. The maximum Gasteiger partial charge on any atom is 0.0426 e. The number of piperidine rings is 1. The van der Waals surface area contributed by atoms with E-state index < -0.39 is 0 Å². The average molecular weight is 281 g/mol. The molecular weight excluding hydrogens is 256 g/mol. The molecule has 2 nitrogen and oxygen atoms in total. The van der Waals surface area contributed by atoms with E-state index in [1.807, 2.05) is 6.07 Å². The number of halogens is 1. The lowest BCUT2D eigenvalue weighted by molar-refractivity contribution is 0.434. The topological polar surface area (TPSA) is 29.3 Å². The average Bonchev–Trinajstić information content (AvgIpc) is 2.42. The van der Waals surface area contributed by atoms with Crippen LogP contribution < -0.4 is 10.6 Å². The molecule has 19 heavy (non-hydrogen) atoms. The lowest BCUT2D eigenvalue weighted by atomic mass is 9.96. The van der Waals surface area contributed by atoms with Crippen molar-refractivity contribution in [3.8, 4) is 0 Å². The van der Waals surface area contributed by atoms with E-state index in [2.05, 4.69) is 24.0 Å². The fourth-order valence-corrected chi connectivity index (χ4v) is 3.29. The van der Waals surface area contributed by atoms with Crippen LogP contribution in [-0.4, -0.2) is 19.1 Å². The van der Waals surface area contributed by atoms with E-state index in [0.29, 0.717) is 12.6 Å². The zero-order valence-corrected chi connectivity index (χ0v) is 12.6. The first kappa shape index (κ1) is 14.7. The van der Waals surface area contributed by atoms with Crippen LogP contribution in [0.25, 0.3) is 0 Å². The van der Waals surface area contributed by atoms with Crippen LogP contribution in [0.5, 0.6) is 0 Å². The van der Waals surface area contributed by atoms with Crippen LogP contribution in [0.2, 0.25) is 5.02 Å². The van der Waals surface area contributed by atoms with Gasteiger partial charge in [0.2, 0.25) is 0 Å². The zero-order chi connectivity index (χ0) is 13.7. The second kappa shape index (κ2) is 7.16. The van der Waals surface area contributed by atoms with Gasteiger partial charge in [0.05, 0.1) is 0 Å². The van der Waals surface area contributed by atoms with Gasteiger partial charge in [-0.2, -0.15) is 0 Å². The second-order valence-corrected chi connectivity index (χ2v) is 5.88. The lowest BCUT2D eigenvalue weighted by Crippen LogP contribution is -2.40. The van der Waals surface area contributed by atoms with Crippen LogP contribution >= 0.6 is 11.6 Å². The van der Waals surface area contributed by atoms with Crippen molar-refractivity contribution in [1.82, 2.24) is 0 Å². The summed E-state index contributed by atoms with van der Waals surface area (Å²) in [5.74, 6) is 0. The second-order valence-electron chi connectivity index (χ2n) is 5.44. The van der Waals surface area contributed by atoms with Crippen LogP contribution in [-0.2, 0) is 6.42 Å². The van der Waals surface area contributed by atoms with E-state index >= 15 is 0 Å². The van der Waals surface area contributed by atoms with Gasteiger partial charge in [-0.25, -0.2) is 0 Å². The normalized spacial score (nSPS) is 19.7. The van der Waals surface area contributed by atoms with Crippen LogP contribution in [0.4, 0.5) is 5.69 Å². The largest absolute Gasteiger partial charge is 0.368 e. The molecule has 1 unspecified atom stereocenters. The highest BCUT2D eigenvalue weighted by atomic mass is 35.5. The summed E-state index contributed by atoms with van der Waals surface area (Å²) in [4.78, 5) is 2.57. The molecular formula is C16H25ClN2. The standard InChI is InChI=1S/C16H25ClN2/c1-2-5-15-6-3-4-11-19(15)16-12-14(17)8-7-13(16)9-10-18/h7-8,12,15H,2-6,9-11,18H2,1H3. The minimum atomic E-state index is 0.675. The molecule has 1 aliphatic rings. The van der Waals surface area contributed by atoms with Crippen molar-refractivity contribution in [2.75, 3.05) is 18.0 Å². The Hall–Kier alpha value is -0.730. The molecule has 0 bridgehead atoms. The molecule has 1 aliphatic heterocycles. The molecule has 106 valence electrons. The monoisotopic (exact) mass is 280 g/mol. The Kier molecular flexibility index (Phi) is 5.53. The minimum Gasteiger partial charge on any atom is -0.368 e. The number of nitrogens with two attached hydrogens (primary N) is 1. The van der Waals surface area contributed by atoms with Gasteiger partial charge in [-0.1, -0.05) is 31.0 Å². The maximum absolute atomic E-state index is 6.20. The Labute approximate surface area is 121 Å². The van der Waals surface area contributed by atoms with Crippen molar-refractivity contribution in [3.63, 3.8) is 0 Å². The fourth-order valence-electron chi connectivity index (χ4n) is 3.12. The van der Waals surface area contributed by atoms with Crippen molar-refractivity contribution in [1.29, 1.82) is 0 Å². The molecule has 1 saturated heterocycles. The summed E-state index contributed by atoms with van der Waals surface area (Å²) in [6, 6.07) is 6.92. The SMILES string of the molecule is CCCC1CCCCN1c1cc(Cl)ccc1CCN. The summed E-state index contributed by atoms with van der Waals surface area (Å²) < 4.78 is 0. The molecule has 1 aromatic carbocycles. The predicted octanol–water partition coefficient (Wildman–Crippen LogP) is 4.00. The van der Waals surface area contributed by atoms with Gasteiger partial charge < -0.3 is 10.6 Å². The van der Waals surface area contributed by atoms with E-state index in [-0.39, 0.29) is 0 Å². The highest BCUT2D eigenvalue weighted by molar-refractivity contribution is 6.30. The Bertz CT molecular complexity index is 404. The Balaban J connectivity index is 2.28. The van der Waals surface area contributed by atoms with Crippen LogP contribution in [0.1, 0.15) is 44.6 Å². The molecule has 0 amide bonds. The van der Waals surface area contributed by atoms with Gasteiger partial charge in [-0.3, -0.25) is 0 Å². The molecule has 1 heterocycles. The maximum atomic E-state index is 6.20. The molecule has 0 saturated carbocycles. The zero-order valence-electron chi connectivity index (χ0n) is 11.9. The van der Waals surface area contributed by atoms with Gasteiger partial charge in [-0.15, -0.1) is 0 Å². The number of nitrogens with zero attached hydrogens (tertiary/aromatic N) is 1. The fraction of sp³-hybridized carbons (Fsp3) is 0.625. The third-order valence-electron chi connectivity index (χ3n) is 4.02. The van der Waals surface area contributed by atoms with Gasteiger partial charge in [0.25, 0.3) is 0 Å². The molecule has 1 aromatic rings. The number of benzene rings is 1. The van der Waals surface area contributed by atoms with Crippen LogP contribution in [0.3, 0.4) is 0 Å². The first-order valence-corrected chi connectivity index (χ1v) is 7.89. The van der Waals surface area contributed by atoms with Gasteiger partial charge in [0.15, 0.2) is 0 Å². The number of hydrogen-bond acceptors (Lipinski definition) is 2. The van der Waals surface area contributed by atoms with Crippen molar-refractivity contribution in [2.24, 2.45) is 5.73 Å². The molecule has 1 atom stereocenters. The summed E-state index contributed by atoms with van der Waals surface area (Å²) in [6.45, 7) is 4.12. The van der Waals surface area contributed by atoms with Crippen LogP contribution in [0.15, 0.2) is 18.2 Å². The number of rotatable bonds is 5. The van der Waals surface area contributed by atoms with Crippen molar-refractivity contribution in [2.45, 2.75) is 51.5 Å². The highest BCUT2D eigenvalue weighted by Crippen LogP contribution is 2.32. The first-order chi connectivity index (χ1) is 9.26. The number of anilines is 1. The smallest absolute Gasteiger partial charge is 0.0426 e. The third-order valence-corrected chi connectivity index (χ3v) is 4.25. The summed E-state index contributed by atoms with van der Waals surface area (Å²) in [5.41, 5.74) is 8.40. The molecule has 0 aromatic heterocycles. The quantitative estimate of drug-likeness (QED) is 0.883.